The lowest BCUT2D eigenvalue weighted by Gasteiger charge is -2.50. The second-order valence-corrected chi connectivity index (χ2v) is 6.18. The monoisotopic (exact) mass is 252 g/mol. The van der Waals surface area contributed by atoms with Crippen LogP contribution in [0.3, 0.4) is 0 Å². The highest BCUT2D eigenvalue weighted by Crippen LogP contribution is 2.36. The number of amides is 2. The van der Waals surface area contributed by atoms with E-state index in [0.29, 0.717) is 6.42 Å². The van der Waals surface area contributed by atoms with Gasteiger partial charge in [0.2, 0.25) is 11.8 Å². The summed E-state index contributed by atoms with van der Waals surface area (Å²) in [5.41, 5.74) is -0.834. The third-order valence-corrected chi connectivity index (χ3v) is 4.72. The maximum absolute atomic E-state index is 12.6. The van der Waals surface area contributed by atoms with Crippen LogP contribution in [0.25, 0.3) is 0 Å². The van der Waals surface area contributed by atoms with Crippen molar-refractivity contribution in [1.29, 1.82) is 0 Å². The summed E-state index contributed by atoms with van der Waals surface area (Å²) in [4.78, 5) is 26.4. The Bertz CT molecular complexity index is 361. The predicted octanol–water partition coefficient (Wildman–Crippen LogP) is 1.84. The van der Waals surface area contributed by atoms with Crippen LogP contribution in [-0.4, -0.2) is 34.3 Å². The molecule has 4 heteroatoms. The van der Waals surface area contributed by atoms with Gasteiger partial charge in [-0.25, -0.2) is 0 Å². The fourth-order valence-electron chi connectivity index (χ4n) is 3.17. The molecule has 1 aliphatic heterocycles. The van der Waals surface area contributed by atoms with Gasteiger partial charge in [0.15, 0.2) is 0 Å². The van der Waals surface area contributed by atoms with Crippen molar-refractivity contribution in [2.24, 2.45) is 0 Å². The first-order chi connectivity index (χ1) is 8.41. The molecular formula is C14H24N2O2. The first-order valence-electron chi connectivity index (χ1n) is 7.04. The Morgan fingerprint density at radius 1 is 1.17 bits per heavy atom. The molecular weight excluding hydrogens is 228 g/mol. The quantitative estimate of drug-likeness (QED) is 0.815. The first-order valence-corrected chi connectivity index (χ1v) is 7.04. The molecule has 1 N–H and O–H groups in total. The van der Waals surface area contributed by atoms with Crippen molar-refractivity contribution in [2.75, 3.05) is 6.54 Å². The Hall–Kier alpha value is -1.06. The van der Waals surface area contributed by atoms with Crippen LogP contribution in [0.4, 0.5) is 0 Å². The SMILES string of the molecule is CCC1(C)NC(=O)CN(C2(C)CCCCC2)C1=O. The highest BCUT2D eigenvalue weighted by Gasteiger charge is 2.48. The molecule has 1 saturated carbocycles. The molecule has 102 valence electrons. The number of nitrogens with zero attached hydrogens (tertiary/aromatic N) is 1. The molecule has 1 aliphatic carbocycles. The minimum Gasteiger partial charge on any atom is -0.340 e. The van der Waals surface area contributed by atoms with Gasteiger partial charge in [-0.05, 0) is 33.1 Å². The number of rotatable bonds is 2. The standard InChI is InChI=1S/C14H24N2O2/c1-4-14(3)12(18)16(10-11(17)15-14)13(2)8-6-5-7-9-13/h4-10H2,1-3H3,(H,15,17). The van der Waals surface area contributed by atoms with E-state index in [2.05, 4.69) is 12.2 Å². The fraction of sp³-hybridized carbons (Fsp3) is 0.857. The molecule has 0 aromatic heterocycles. The van der Waals surface area contributed by atoms with E-state index in [4.69, 9.17) is 0 Å². The van der Waals surface area contributed by atoms with Gasteiger partial charge in [0.1, 0.15) is 12.1 Å². The number of carbonyl (C=O) groups excluding carboxylic acids is 2. The van der Waals surface area contributed by atoms with Crippen LogP contribution in [0.2, 0.25) is 0 Å². The molecule has 2 aliphatic rings. The smallest absolute Gasteiger partial charge is 0.248 e. The largest absolute Gasteiger partial charge is 0.340 e. The maximum atomic E-state index is 12.6. The highest BCUT2D eigenvalue weighted by atomic mass is 16.2. The van der Waals surface area contributed by atoms with Gasteiger partial charge in [-0.1, -0.05) is 26.2 Å². The van der Waals surface area contributed by atoms with Gasteiger partial charge in [-0.15, -0.1) is 0 Å². The van der Waals surface area contributed by atoms with Crippen molar-refractivity contribution in [3.05, 3.63) is 0 Å². The normalized spacial score (nSPS) is 32.3. The van der Waals surface area contributed by atoms with E-state index in [-0.39, 0.29) is 23.9 Å². The minimum atomic E-state index is -0.713. The van der Waals surface area contributed by atoms with E-state index in [1.807, 2.05) is 18.7 Å². The summed E-state index contributed by atoms with van der Waals surface area (Å²) in [5.74, 6) is 0.0692. The van der Waals surface area contributed by atoms with Crippen LogP contribution in [-0.2, 0) is 9.59 Å². The second-order valence-electron chi connectivity index (χ2n) is 6.18. The summed E-state index contributed by atoms with van der Waals surface area (Å²) in [5, 5.41) is 2.85. The summed E-state index contributed by atoms with van der Waals surface area (Å²) < 4.78 is 0. The Labute approximate surface area is 109 Å². The number of carbonyl (C=O) groups is 2. The van der Waals surface area contributed by atoms with Crippen LogP contribution in [0.1, 0.15) is 59.3 Å². The third kappa shape index (κ3) is 2.13. The van der Waals surface area contributed by atoms with E-state index < -0.39 is 5.54 Å². The van der Waals surface area contributed by atoms with Crippen molar-refractivity contribution in [1.82, 2.24) is 10.2 Å². The lowest BCUT2D eigenvalue weighted by Crippen LogP contribution is -2.69. The molecule has 1 unspecified atom stereocenters. The van der Waals surface area contributed by atoms with Crippen LogP contribution in [0.5, 0.6) is 0 Å². The fourth-order valence-corrected chi connectivity index (χ4v) is 3.17. The summed E-state index contributed by atoms with van der Waals surface area (Å²) >= 11 is 0. The maximum Gasteiger partial charge on any atom is 0.248 e. The summed E-state index contributed by atoms with van der Waals surface area (Å²) in [6.45, 7) is 6.15. The number of hydrogen-bond donors (Lipinski definition) is 1. The predicted molar refractivity (Wildman–Crippen MR) is 70.0 cm³/mol. The molecule has 2 rings (SSSR count). The molecule has 0 aromatic carbocycles. The zero-order valence-electron chi connectivity index (χ0n) is 11.7. The first kappa shape index (κ1) is 13.4. The molecule has 18 heavy (non-hydrogen) atoms. The van der Waals surface area contributed by atoms with Crippen LogP contribution < -0.4 is 5.32 Å². The molecule has 4 nitrogen and oxygen atoms in total. The average Bonchev–Trinajstić information content (AvgIpc) is 2.34. The third-order valence-electron chi connectivity index (χ3n) is 4.72. The van der Waals surface area contributed by atoms with Gasteiger partial charge in [-0.3, -0.25) is 9.59 Å². The van der Waals surface area contributed by atoms with Crippen molar-refractivity contribution in [2.45, 2.75) is 70.4 Å². The Morgan fingerprint density at radius 2 is 1.78 bits per heavy atom. The number of nitrogens with one attached hydrogen (secondary N) is 1. The Balaban J connectivity index is 2.26. The molecule has 0 spiro atoms. The van der Waals surface area contributed by atoms with Crippen LogP contribution >= 0.6 is 0 Å². The molecule has 2 amide bonds. The molecule has 0 bridgehead atoms. The van der Waals surface area contributed by atoms with Gasteiger partial charge in [-0.2, -0.15) is 0 Å². The second kappa shape index (κ2) is 4.56. The summed E-state index contributed by atoms with van der Waals surface area (Å²) in [6.07, 6.45) is 6.24. The Kier molecular flexibility index (Phi) is 3.39. The lowest BCUT2D eigenvalue weighted by molar-refractivity contribution is -0.157. The van der Waals surface area contributed by atoms with Crippen molar-refractivity contribution in [3.8, 4) is 0 Å². The number of piperazine rings is 1. The topological polar surface area (TPSA) is 49.4 Å². The zero-order valence-corrected chi connectivity index (χ0v) is 11.7. The van der Waals surface area contributed by atoms with Crippen molar-refractivity contribution < 1.29 is 9.59 Å². The highest BCUT2D eigenvalue weighted by molar-refractivity contribution is 5.98. The zero-order chi connectivity index (χ0) is 13.4. The molecule has 1 saturated heterocycles. The van der Waals surface area contributed by atoms with Gasteiger partial charge in [0, 0.05) is 5.54 Å². The van der Waals surface area contributed by atoms with Gasteiger partial charge in [0.05, 0.1) is 0 Å². The minimum absolute atomic E-state index is 0.0225. The van der Waals surface area contributed by atoms with Crippen molar-refractivity contribution >= 4 is 11.8 Å². The number of hydrogen-bond acceptors (Lipinski definition) is 2. The molecule has 0 aromatic rings. The van der Waals surface area contributed by atoms with Crippen molar-refractivity contribution in [3.63, 3.8) is 0 Å². The summed E-state index contributed by atoms with van der Waals surface area (Å²) in [6, 6.07) is 0. The molecule has 0 radical (unpaired) electrons. The van der Waals surface area contributed by atoms with E-state index in [0.717, 1.165) is 25.7 Å². The van der Waals surface area contributed by atoms with Gasteiger partial charge < -0.3 is 10.2 Å². The van der Waals surface area contributed by atoms with Gasteiger partial charge in [0.25, 0.3) is 0 Å². The Morgan fingerprint density at radius 3 is 2.33 bits per heavy atom. The van der Waals surface area contributed by atoms with E-state index in [9.17, 15) is 9.59 Å². The van der Waals surface area contributed by atoms with Crippen LogP contribution in [0.15, 0.2) is 0 Å². The van der Waals surface area contributed by atoms with E-state index in [1.54, 1.807) is 0 Å². The van der Waals surface area contributed by atoms with E-state index >= 15 is 0 Å². The lowest BCUT2D eigenvalue weighted by atomic mass is 9.79. The molecule has 2 fully saturated rings. The van der Waals surface area contributed by atoms with E-state index in [1.165, 1.54) is 6.42 Å². The van der Waals surface area contributed by atoms with Crippen LogP contribution in [0, 0.1) is 0 Å². The summed E-state index contributed by atoms with van der Waals surface area (Å²) in [7, 11) is 0. The van der Waals surface area contributed by atoms with Gasteiger partial charge >= 0.3 is 0 Å². The average molecular weight is 252 g/mol. The molecule has 1 heterocycles. The molecule has 1 atom stereocenters.